The molecule has 0 radical (unpaired) electrons. The van der Waals surface area contributed by atoms with E-state index in [9.17, 15) is 0 Å². The molecule has 7 heteroatoms. The first-order valence-electron chi connectivity index (χ1n) is 6.03. The van der Waals surface area contributed by atoms with Gasteiger partial charge in [-0.25, -0.2) is 9.97 Å². The Morgan fingerprint density at radius 3 is 2.95 bits per heavy atom. The SMILES string of the molecule is CC(C#N)CN(C)Cc1nc(N)c2cnn(C)c2n1. The van der Waals surface area contributed by atoms with E-state index in [-0.39, 0.29) is 5.92 Å². The van der Waals surface area contributed by atoms with Crippen molar-refractivity contribution in [3.63, 3.8) is 0 Å². The fourth-order valence-corrected chi connectivity index (χ4v) is 1.98. The molecule has 2 N–H and O–H groups in total. The first kappa shape index (κ1) is 13.2. The van der Waals surface area contributed by atoms with E-state index < -0.39 is 0 Å². The maximum atomic E-state index is 8.80. The topological polar surface area (TPSA) is 96.6 Å². The van der Waals surface area contributed by atoms with Gasteiger partial charge in [-0.2, -0.15) is 10.4 Å². The summed E-state index contributed by atoms with van der Waals surface area (Å²) in [5, 5.41) is 13.7. The molecule has 0 aromatic carbocycles. The number of hydrogen-bond donors (Lipinski definition) is 1. The van der Waals surface area contributed by atoms with E-state index in [1.807, 2.05) is 25.9 Å². The second-order valence-corrected chi connectivity index (χ2v) is 4.76. The van der Waals surface area contributed by atoms with Gasteiger partial charge in [0.1, 0.15) is 11.6 Å². The van der Waals surface area contributed by atoms with E-state index in [4.69, 9.17) is 11.0 Å². The van der Waals surface area contributed by atoms with Crippen LogP contribution in [0.15, 0.2) is 6.20 Å². The average Bonchev–Trinajstić information content (AvgIpc) is 2.71. The zero-order valence-corrected chi connectivity index (χ0v) is 11.3. The van der Waals surface area contributed by atoms with Crippen LogP contribution in [0.3, 0.4) is 0 Å². The Morgan fingerprint density at radius 1 is 1.53 bits per heavy atom. The van der Waals surface area contributed by atoms with Crippen LogP contribution in [0.25, 0.3) is 11.0 Å². The number of nitrogens with two attached hydrogens (primary N) is 1. The maximum absolute atomic E-state index is 8.80. The third-order valence-electron chi connectivity index (χ3n) is 2.89. The van der Waals surface area contributed by atoms with Crippen molar-refractivity contribution in [3.05, 3.63) is 12.0 Å². The summed E-state index contributed by atoms with van der Waals surface area (Å²) in [5.74, 6) is 1.05. The number of aryl methyl sites for hydroxylation is 1. The molecule has 0 spiro atoms. The largest absolute Gasteiger partial charge is 0.383 e. The normalized spacial score (nSPS) is 12.8. The van der Waals surface area contributed by atoms with E-state index in [2.05, 4.69) is 21.1 Å². The molecule has 100 valence electrons. The lowest BCUT2D eigenvalue weighted by molar-refractivity contribution is 0.296. The molecule has 2 aromatic rings. The van der Waals surface area contributed by atoms with Gasteiger partial charge in [-0.15, -0.1) is 0 Å². The molecule has 0 saturated carbocycles. The molecule has 0 aliphatic heterocycles. The fraction of sp³-hybridized carbons (Fsp3) is 0.500. The molecule has 0 bridgehead atoms. The van der Waals surface area contributed by atoms with Crippen LogP contribution in [-0.2, 0) is 13.6 Å². The predicted octanol–water partition coefficient (Wildman–Crippen LogP) is 0.537. The number of anilines is 1. The van der Waals surface area contributed by atoms with E-state index in [1.165, 1.54) is 0 Å². The average molecular weight is 259 g/mol. The molecular weight excluding hydrogens is 242 g/mol. The lowest BCUT2D eigenvalue weighted by Crippen LogP contribution is -2.24. The first-order chi connectivity index (χ1) is 9.01. The minimum atomic E-state index is -0.0252. The highest BCUT2D eigenvalue weighted by molar-refractivity contribution is 5.84. The standard InChI is InChI=1S/C12H17N7/c1-8(4-13)6-18(2)7-10-16-11(14)9-5-15-19(3)12(9)17-10/h5,8H,6-7H2,1-3H3,(H2,14,16,17). The Bertz CT molecular complexity index is 625. The van der Waals surface area contributed by atoms with Crippen LogP contribution < -0.4 is 5.73 Å². The number of rotatable bonds is 4. The van der Waals surface area contributed by atoms with Crippen molar-refractivity contribution in [1.29, 1.82) is 5.26 Å². The van der Waals surface area contributed by atoms with Crippen molar-refractivity contribution in [2.45, 2.75) is 13.5 Å². The third kappa shape index (κ3) is 2.80. The zero-order valence-electron chi connectivity index (χ0n) is 11.3. The Kier molecular flexibility index (Phi) is 3.62. The molecular formula is C12H17N7. The molecule has 2 rings (SSSR count). The molecule has 0 saturated heterocycles. The molecule has 2 heterocycles. The van der Waals surface area contributed by atoms with Gasteiger partial charge in [0.05, 0.1) is 30.1 Å². The molecule has 0 fully saturated rings. The highest BCUT2D eigenvalue weighted by atomic mass is 15.3. The van der Waals surface area contributed by atoms with Gasteiger partial charge in [0.25, 0.3) is 0 Å². The molecule has 2 aromatic heterocycles. The van der Waals surface area contributed by atoms with Crippen LogP contribution in [0.2, 0.25) is 0 Å². The Balaban J connectivity index is 2.21. The van der Waals surface area contributed by atoms with Gasteiger partial charge < -0.3 is 5.73 Å². The van der Waals surface area contributed by atoms with Gasteiger partial charge in [0.2, 0.25) is 0 Å². The fourth-order valence-electron chi connectivity index (χ4n) is 1.98. The van der Waals surface area contributed by atoms with E-state index in [1.54, 1.807) is 10.9 Å². The van der Waals surface area contributed by atoms with Gasteiger partial charge in [0, 0.05) is 13.6 Å². The molecule has 1 unspecified atom stereocenters. The summed E-state index contributed by atoms with van der Waals surface area (Å²) in [6.07, 6.45) is 1.66. The maximum Gasteiger partial charge on any atom is 0.163 e. The van der Waals surface area contributed by atoms with E-state index in [0.29, 0.717) is 24.7 Å². The summed E-state index contributed by atoms with van der Waals surface area (Å²) in [6.45, 7) is 3.11. The minimum absolute atomic E-state index is 0.0252. The van der Waals surface area contributed by atoms with Crippen molar-refractivity contribution < 1.29 is 0 Å². The van der Waals surface area contributed by atoms with E-state index in [0.717, 1.165) is 11.0 Å². The van der Waals surface area contributed by atoms with Crippen LogP contribution >= 0.6 is 0 Å². The van der Waals surface area contributed by atoms with Crippen molar-refractivity contribution in [2.24, 2.45) is 13.0 Å². The molecule has 0 aliphatic carbocycles. The first-order valence-corrected chi connectivity index (χ1v) is 6.03. The third-order valence-corrected chi connectivity index (χ3v) is 2.89. The summed E-state index contributed by atoms with van der Waals surface area (Å²) in [5.41, 5.74) is 6.62. The second kappa shape index (κ2) is 5.20. The number of aromatic nitrogens is 4. The molecule has 19 heavy (non-hydrogen) atoms. The van der Waals surface area contributed by atoms with Crippen LogP contribution in [0, 0.1) is 17.2 Å². The summed E-state index contributed by atoms with van der Waals surface area (Å²) < 4.78 is 1.68. The smallest absolute Gasteiger partial charge is 0.163 e. The predicted molar refractivity (Wildman–Crippen MR) is 71.8 cm³/mol. The zero-order chi connectivity index (χ0) is 14.0. The summed E-state index contributed by atoms with van der Waals surface area (Å²) in [4.78, 5) is 10.7. The van der Waals surface area contributed by atoms with Crippen molar-refractivity contribution in [2.75, 3.05) is 19.3 Å². The van der Waals surface area contributed by atoms with Gasteiger partial charge in [-0.3, -0.25) is 9.58 Å². The van der Waals surface area contributed by atoms with Crippen LogP contribution in [0.1, 0.15) is 12.7 Å². The minimum Gasteiger partial charge on any atom is -0.383 e. The Hall–Kier alpha value is -2.20. The number of fused-ring (bicyclic) bond motifs is 1. The van der Waals surface area contributed by atoms with Crippen molar-refractivity contribution >= 4 is 16.9 Å². The summed E-state index contributed by atoms with van der Waals surface area (Å²) >= 11 is 0. The van der Waals surface area contributed by atoms with Gasteiger partial charge in [0.15, 0.2) is 5.65 Å². The van der Waals surface area contributed by atoms with Crippen LogP contribution in [0.5, 0.6) is 0 Å². The van der Waals surface area contributed by atoms with Crippen molar-refractivity contribution in [1.82, 2.24) is 24.6 Å². The number of nitrogens with zero attached hydrogens (tertiary/aromatic N) is 6. The Labute approximate surface area is 111 Å². The second-order valence-electron chi connectivity index (χ2n) is 4.76. The van der Waals surface area contributed by atoms with Crippen LogP contribution in [-0.4, -0.2) is 38.2 Å². The molecule has 0 amide bonds. The quantitative estimate of drug-likeness (QED) is 0.860. The lowest BCUT2D eigenvalue weighted by atomic mass is 10.2. The number of hydrogen-bond acceptors (Lipinski definition) is 6. The van der Waals surface area contributed by atoms with E-state index >= 15 is 0 Å². The summed E-state index contributed by atoms with van der Waals surface area (Å²) in [6, 6.07) is 2.21. The molecule has 0 aliphatic rings. The summed E-state index contributed by atoms with van der Waals surface area (Å²) in [7, 11) is 3.75. The van der Waals surface area contributed by atoms with Gasteiger partial charge in [-0.1, -0.05) is 0 Å². The highest BCUT2D eigenvalue weighted by Gasteiger charge is 2.12. The van der Waals surface area contributed by atoms with Gasteiger partial charge >= 0.3 is 0 Å². The Morgan fingerprint density at radius 2 is 2.26 bits per heavy atom. The molecule has 1 atom stereocenters. The highest BCUT2D eigenvalue weighted by Crippen LogP contribution is 2.16. The molecule has 7 nitrogen and oxygen atoms in total. The van der Waals surface area contributed by atoms with Gasteiger partial charge in [-0.05, 0) is 14.0 Å². The number of nitriles is 1. The van der Waals surface area contributed by atoms with Crippen LogP contribution in [0.4, 0.5) is 5.82 Å². The number of nitrogen functional groups attached to an aromatic ring is 1. The van der Waals surface area contributed by atoms with Crippen molar-refractivity contribution in [3.8, 4) is 6.07 Å². The lowest BCUT2D eigenvalue weighted by Gasteiger charge is -2.16. The monoisotopic (exact) mass is 259 g/mol.